The van der Waals surface area contributed by atoms with Gasteiger partial charge in [-0.25, -0.2) is 29.9 Å². The van der Waals surface area contributed by atoms with Crippen molar-refractivity contribution in [1.82, 2.24) is 49.7 Å². The normalized spacial score (nSPS) is 20.7. The van der Waals surface area contributed by atoms with Gasteiger partial charge in [0.2, 0.25) is 23.7 Å². The number of aromatic amines is 2. The zero-order valence-corrected chi connectivity index (χ0v) is 35.5. The van der Waals surface area contributed by atoms with Crippen LogP contribution in [0.2, 0.25) is 0 Å². The van der Waals surface area contributed by atoms with Crippen molar-refractivity contribution in [3.05, 3.63) is 109 Å². The molecule has 5 atom stereocenters. The largest absolute Gasteiger partial charge is 0.342 e. The highest BCUT2D eigenvalue weighted by molar-refractivity contribution is 5.92. The van der Waals surface area contributed by atoms with Crippen LogP contribution in [0.25, 0.3) is 44.2 Å². The van der Waals surface area contributed by atoms with Crippen molar-refractivity contribution in [2.24, 2.45) is 17.8 Å². The number of anilines is 2. The van der Waals surface area contributed by atoms with E-state index in [4.69, 9.17) is 9.97 Å². The van der Waals surface area contributed by atoms with Gasteiger partial charge in [-0.3, -0.25) is 9.59 Å². The molecule has 14 heteroatoms. The molecule has 3 aromatic carbocycles. The highest BCUT2D eigenvalue weighted by Crippen LogP contribution is 2.53. The fourth-order valence-electron chi connectivity index (χ4n) is 9.97. The fraction of sp³-hybridized carbons (Fsp3) is 0.375. The molecule has 2 unspecified atom stereocenters. The van der Waals surface area contributed by atoms with E-state index in [2.05, 4.69) is 114 Å². The Morgan fingerprint density at radius 2 is 1.37 bits per heavy atom. The first-order valence-corrected chi connectivity index (χ1v) is 21.9. The minimum atomic E-state index is -0.468. The highest BCUT2D eigenvalue weighted by atomic mass is 16.2. The average molecular weight is 829 g/mol. The summed E-state index contributed by atoms with van der Waals surface area (Å²) in [4.78, 5) is 66.8. The number of amides is 2. The number of benzene rings is 3. The number of imidazole rings is 2. The van der Waals surface area contributed by atoms with E-state index >= 15 is 0 Å². The quantitative estimate of drug-likeness (QED) is 0.0942. The van der Waals surface area contributed by atoms with Gasteiger partial charge in [-0.05, 0) is 108 Å². The number of aromatic nitrogens is 8. The number of nitrogens with zero attached hydrogens (tertiary/aromatic N) is 8. The number of rotatable bonds is 12. The second-order valence-electron chi connectivity index (χ2n) is 17.9. The van der Waals surface area contributed by atoms with Crippen molar-refractivity contribution in [2.45, 2.75) is 83.5 Å². The lowest BCUT2D eigenvalue weighted by atomic mass is 9.93. The summed E-state index contributed by atoms with van der Waals surface area (Å²) < 4.78 is 0. The summed E-state index contributed by atoms with van der Waals surface area (Å²) in [6.45, 7) is 9.59. The van der Waals surface area contributed by atoms with Crippen LogP contribution in [0.3, 0.4) is 0 Å². The summed E-state index contributed by atoms with van der Waals surface area (Å²) in [5, 5.41) is 8.83. The summed E-state index contributed by atoms with van der Waals surface area (Å²) in [7, 11) is 0. The zero-order valence-electron chi connectivity index (χ0n) is 35.5. The van der Waals surface area contributed by atoms with Gasteiger partial charge in [0.15, 0.2) is 0 Å². The third kappa shape index (κ3) is 7.20. The first-order chi connectivity index (χ1) is 30.1. The molecule has 7 aromatic rings. The molecule has 6 heterocycles. The molecule has 14 nitrogen and oxygen atoms in total. The Labute approximate surface area is 360 Å². The van der Waals surface area contributed by atoms with Gasteiger partial charge in [0, 0.05) is 43.4 Å². The number of carbonyl (C=O) groups excluding carboxylic acids is 2. The van der Waals surface area contributed by atoms with E-state index in [0.29, 0.717) is 24.4 Å². The van der Waals surface area contributed by atoms with Crippen LogP contribution < -0.4 is 10.6 Å². The Balaban J connectivity index is 0.863. The first kappa shape index (κ1) is 39.4. The van der Waals surface area contributed by atoms with E-state index in [1.54, 1.807) is 36.9 Å². The number of hydrogen-bond acceptors (Lipinski definition) is 10. The standard InChI is InChI=1S/C48H52N12O2/c1-28(2)40(57-46-49-17-6-18-50-46)43(61)59-21-5-8-39(59)42-53-26-38(54-42)35-12-11-31-22-32(9-10-33(31)23-35)34-13-14-36-37(24-34)56-45(55-36)48-16-15-30(25-48)27-60(48)44(62)41(29(3)4)58-47-51-19-7-20-52-47/h6-7,9-14,17-20,22-24,26,28-30,39-41H,5,8,15-16,21,25,27H2,1-4H3,(H,53,54)(H,55,56)(H,49,50,57)(H,51,52,58)/t30?,39-,40-,41-,48?/m0/s1. The van der Waals surface area contributed by atoms with Crippen LogP contribution in [0.15, 0.2) is 97.7 Å². The molecule has 4 aromatic heterocycles. The monoisotopic (exact) mass is 828 g/mol. The summed E-state index contributed by atoms with van der Waals surface area (Å²) in [5.74, 6) is 3.21. The van der Waals surface area contributed by atoms with Crippen molar-refractivity contribution in [2.75, 3.05) is 23.7 Å². The molecule has 3 fully saturated rings. The second-order valence-corrected chi connectivity index (χ2v) is 17.9. The predicted octanol–water partition coefficient (Wildman–Crippen LogP) is 8.13. The lowest BCUT2D eigenvalue weighted by Crippen LogP contribution is -2.53. The molecule has 10 rings (SSSR count). The zero-order chi connectivity index (χ0) is 42.5. The van der Waals surface area contributed by atoms with Crippen molar-refractivity contribution in [3.63, 3.8) is 0 Å². The maximum Gasteiger partial charge on any atom is 0.246 e. The van der Waals surface area contributed by atoms with Crippen molar-refractivity contribution in [1.29, 1.82) is 0 Å². The van der Waals surface area contributed by atoms with Crippen LogP contribution in [0, 0.1) is 17.8 Å². The molecular formula is C48H52N12O2. The molecule has 1 aliphatic carbocycles. The van der Waals surface area contributed by atoms with Crippen molar-refractivity contribution < 1.29 is 9.59 Å². The van der Waals surface area contributed by atoms with Gasteiger partial charge < -0.3 is 30.4 Å². The number of likely N-dealkylation sites (tertiary alicyclic amines) is 2. The Morgan fingerprint density at radius 1 is 0.742 bits per heavy atom. The van der Waals surface area contributed by atoms with E-state index in [9.17, 15) is 9.59 Å². The number of carbonyl (C=O) groups is 2. The summed E-state index contributed by atoms with van der Waals surface area (Å²) >= 11 is 0. The molecule has 3 aliphatic rings. The fourth-order valence-corrected chi connectivity index (χ4v) is 9.97. The lowest BCUT2D eigenvalue weighted by Gasteiger charge is -2.40. The van der Waals surface area contributed by atoms with Crippen molar-refractivity contribution in [3.8, 4) is 22.4 Å². The number of fused-ring (bicyclic) bond motifs is 4. The Bertz CT molecular complexity index is 2750. The van der Waals surface area contributed by atoms with E-state index < -0.39 is 17.6 Å². The van der Waals surface area contributed by atoms with Gasteiger partial charge >= 0.3 is 0 Å². The van der Waals surface area contributed by atoms with Gasteiger partial charge in [0.05, 0.1) is 29.0 Å². The van der Waals surface area contributed by atoms with Crippen molar-refractivity contribution >= 4 is 45.5 Å². The number of hydrogen-bond donors (Lipinski definition) is 4. The maximum atomic E-state index is 14.3. The number of H-pyrrole nitrogens is 2. The molecule has 62 heavy (non-hydrogen) atoms. The predicted molar refractivity (Wildman–Crippen MR) is 240 cm³/mol. The molecule has 0 radical (unpaired) electrons. The van der Waals surface area contributed by atoms with E-state index in [-0.39, 0.29) is 29.7 Å². The molecule has 4 N–H and O–H groups in total. The van der Waals surface area contributed by atoms with Crippen LogP contribution in [0.5, 0.6) is 0 Å². The molecule has 2 saturated heterocycles. The van der Waals surface area contributed by atoms with Gasteiger partial charge in [0.1, 0.15) is 29.3 Å². The molecule has 2 aliphatic heterocycles. The number of nitrogens with one attached hydrogen (secondary N) is 4. The van der Waals surface area contributed by atoms with Crippen LogP contribution in [0.4, 0.5) is 11.9 Å². The third-order valence-corrected chi connectivity index (χ3v) is 13.2. The molecule has 0 spiro atoms. The minimum absolute atomic E-state index is 0.0316. The smallest absolute Gasteiger partial charge is 0.246 e. The second kappa shape index (κ2) is 16.0. The van der Waals surface area contributed by atoms with Gasteiger partial charge in [-0.2, -0.15) is 0 Å². The SMILES string of the molecule is CC(C)[C@H](Nc1ncccn1)C(=O)N1CCC[C@H]1c1ncc(-c2ccc3cc(-c4ccc5nc(C67CCC(CN6C(=O)[C@@H](Nc6ncccn6)C(C)C)C7)[nH]c5c4)ccc3c2)[nH]1. The number of piperidine rings is 1. The van der Waals surface area contributed by atoms with Crippen LogP contribution in [-0.4, -0.2) is 86.7 Å². The van der Waals surface area contributed by atoms with Gasteiger partial charge in [-0.15, -0.1) is 0 Å². The molecule has 316 valence electrons. The van der Waals surface area contributed by atoms with Crippen LogP contribution in [-0.2, 0) is 15.1 Å². The highest BCUT2D eigenvalue weighted by Gasteiger charge is 2.56. The molecular weight excluding hydrogens is 777 g/mol. The topological polar surface area (TPSA) is 174 Å². The molecule has 1 saturated carbocycles. The summed E-state index contributed by atoms with van der Waals surface area (Å²) in [6.07, 6.45) is 13.2. The summed E-state index contributed by atoms with van der Waals surface area (Å²) in [5.41, 5.74) is 5.53. The van der Waals surface area contributed by atoms with Gasteiger partial charge in [0.25, 0.3) is 0 Å². The van der Waals surface area contributed by atoms with Crippen LogP contribution in [0.1, 0.15) is 77.5 Å². The minimum Gasteiger partial charge on any atom is -0.342 e. The van der Waals surface area contributed by atoms with E-state index in [0.717, 1.165) is 94.5 Å². The Morgan fingerprint density at radius 3 is 2.05 bits per heavy atom. The van der Waals surface area contributed by atoms with Gasteiger partial charge in [-0.1, -0.05) is 58.0 Å². The maximum absolute atomic E-state index is 14.3. The average Bonchev–Trinajstić information content (AvgIpc) is 4.15. The van der Waals surface area contributed by atoms with E-state index in [1.165, 1.54) is 0 Å². The first-order valence-electron chi connectivity index (χ1n) is 21.9. The molecule has 2 amide bonds. The van der Waals surface area contributed by atoms with Crippen LogP contribution >= 0.6 is 0 Å². The summed E-state index contributed by atoms with van der Waals surface area (Å²) in [6, 6.07) is 21.9. The van der Waals surface area contributed by atoms with E-state index in [1.807, 2.05) is 24.9 Å². The Kier molecular flexibility index (Phi) is 10.2. The lowest BCUT2D eigenvalue weighted by molar-refractivity contribution is -0.139. The molecule has 2 bridgehead atoms. The third-order valence-electron chi connectivity index (χ3n) is 13.2. The Hall–Kier alpha value is -6.70.